The average Bonchev–Trinajstić information content (AvgIpc) is 3.26. The fraction of sp³-hybridized carbons (Fsp3) is 0.304. The predicted octanol–water partition coefficient (Wildman–Crippen LogP) is 4.28. The number of hydrogen-bond acceptors (Lipinski definition) is 4. The van der Waals surface area contributed by atoms with Crippen molar-refractivity contribution in [1.82, 2.24) is 15.1 Å². The second-order valence-corrected chi connectivity index (χ2v) is 7.60. The molecule has 0 spiro atoms. The summed E-state index contributed by atoms with van der Waals surface area (Å²) in [6.45, 7) is 4.96. The number of phenols is 1. The number of fused-ring (bicyclic) bond motifs is 1. The largest absolute Gasteiger partial charge is 0.507 e. The number of nitrogens with one attached hydrogen (secondary N) is 1. The number of carbonyl (C=O) groups is 1. The fourth-order valence-electron chi connectivity index (χ4n) is 3.85. The highest BCUT2D eigenvalue weighted by molar-refractivity contribution is 6.00. The average molecular weight is 409 g/mol. The van der Waals surface area contributed by atoms with Gasteiger partial charge < -0.3 is 14.7 Å². The zero-order chi connectivity index (χ0) is 21.3. The Morgan fingerprint density at radius 3 is 2.63 bits per heavy atom. The molecule has 0 aliphatic carbocycles. The number of halogens is 1. The highest BCUT2D eigenvalue weighted by atomic mass is 19.1. The van der Waals surface area contributed by atoms with E-state index in [1.54, 1.807) is 41.3 Å². The van der Waals surface area contributed by atoms with Crippen molar-refractivity contribution in [3.8, 4) is 17.0 Å². The minimum absolute atomic E-state index is 0.0842. The van der Waals surface area contributed by atoms with Crippen LogP contribution in [0.1, 0.15) is 47.9 Å². The molecule has 0 saturated heterocycles. The first-order chi connectivity index (χ1) is 14.5. The van der Waals surface area contributed by atoms with Gasteiger partial charge in [-0.2, -0.15) is 5.10 Å². The Morgan fingerprint density at radius 2 is 1.93 bits per heavy atom. The van der Waals surface area contributed by atoms with Crippen LogP contribution in [-0.2, 0) is 4.74 Å². The smallest absolute Gasteiger partial charge is 0.273 e. The van der Waals surface area contributed by atoms with Crippen LogP contribution in [0, 0.1) is 5.82 Å². The van der Waals surface area contributed by atoms with Crippen molar-refractivity contribution in [1.29, 1.82) is 0 Å². The monoisotopic (exact) mass is 409 g/mol. The van der Waals surface area contributed by atoms with Crippen molar-refractivity contribution >= 4 is 5.91 Å². The van der Waals surface area contributed by atoms with Crippen LogP contribution in [-0.4, -0.2) is 45.4 Å². The number of H-pyrrole nitrogens is 1. The lowest BCUT2D eigenvalue weighted by Gasteiger charge is -2.26. The number of hydrogen-bond donors (Lipinski definition) is 2. The highest BCUT2D eigenvalue weighted by Crippen LogP contribution is 2.44. The maximum absolute atomic E-state index is 13.6. The SMILES string of the molecule is CC(C)OCCCN1C(=O)c2[nH]nc(-c3ccccc3O)c2[C@H]1c1ccc(F)cc1. The van der Waals surface area contributed by atoms with E-state index in [4.69, 9.17) is 4.74 Å². The van der Waals surface area contributed by atoms with Crippen molar-refractivity contribution < 1.29 is 19.0 Å². The van der Waals surface area contributed by atoms with E-state index in [1.807, 2.05) is 13.8 Å². The molecule has 1 aromatic heterocycles. The molecule has 1 amide bonds. The first kappa shape index (κ1) is 20.1. The number of aromatic amines is 1. The third-order valence-corrected chi connectivity index (χ3v) is 5.20. The molecule has 0 unspecified atom stereocenters. The normalized spacial score (nSPS) is 15.8. The molecular formula is C23H24FN3O3. The van der Waals surface area contributed by atoms with Crippen LogP contribution in [0.15, 0.2) is 48.5 Å². The lowest BCUT2D eigenvalue weighted by atomic mass is 9.95. The number of phenolic OH excluding ortho intramolecular Hbond substituents is 1. The van der Waals surface area contributed by atoms with Crippen LogP contribution in [0.5, 0.6) is 5.75 Å². The van der Waals surface area contributed by atoms with Gasteiger partial charge in [0.2, 0.25) is 0 Å². The van der Waals surface area contributed by atoms with Crippen LogP contribution in [0.25, 0.3) is 11.3 Å². The quantitative estimate of drug-likeness (QED) is 0.571. The standard InChI is InChI=1S/C23H24FN3O3/c1-14(2)30-13-5-12-27-22(15-8-10-16(24)11-9-15)19-20(25-26-21(19)23(27)29)17-6-3-4-7-18(17)28/h3-4,6-11,14,22,28H,5,12-13H2,1-2H3,(H,25,26)/t22-/m1/s1. The van der Waals surface area contributed by atoms with Gasteiger partial charge in [0, 0.05) is 24.3 Å². The maximum Gasteiger partial charge on any atom is 0.273 e. The van der Waals surface area contributed by atoms with Crippen LogP contribution >= 0.6 is 0 Å². The second-order valence-electron chi connectivity index (χ2n) is 7.60. The predicted molar refractivity (Wildman–Crippen MR) is 111 cm³/mol. The molecule has 2 aromatic carbocycles. The molecule has 0 bridgehead atoms. The van der Waals surface area contributed by atoms with Gasteiger partial charge >= 0.3 is 0 Å². The number of aromatic hydroxyl groups is 1. The molecule has 30 heavy (non-hydrogen) atoms. The van der Waals surface area contributed by atoms with Gasteiger partial charge in [-0.05, 0) is 50.1 Å². The zero-order valence-electron chi connectivity index (χ0n) is 16.9. The maximum atomic E-state index is 13.6. The Balaban J connectivity index is 1.74. The van der Waals surface area contributed by atoms with Crippen LogP contribution in [0.4, 0.5) is 4.39 Å². The van der Waals surface area contributed by atoms with E-state index in [0.29, 0.717) is 42.1 Å². The minimum Gasteiger partial charge on any atom is -0.507 e. The van der Waals surface area contributed by atoms with Crippen LogP contribution in [0.3, 0.4) is 0 Å². The lowest BCUT2D eigenvalue weighted by molar-refractivity contribution is 0.0601. The molecule has 2 heterocycles. The number of aromatic nitrogens is 2. The number of para-hydroxylation sites is 1. The molecule has 1 aliphatic rings. The second kappa shape index (κ2) is 8.28. The molecule has 0 fully saturated rings. The van der Waals surface area contributed by atoms with Gasteiger partial charge in [-0.25, -0.2) is 4.39 Å². The third-order valence-electron chi connectivity index (χ3n) is 5.20. The summed E-state index contributed by atoms with van der Waals surface area (Å²) in [4.78, 5) is 14.9. The van der Waals surface area contributed by atoms with Crippen molar-refractivity contribution in [3.05, 3.63) is 71.2 Å². The van der Waals surface area contributed by atoms with Crippen molar-refractivity contribution in [2.75, 3.05) is 13.2 Å². The van der Waals surface area contributed by atoms with Gasteiger partial charge in [-0.3, -0.25) is 9.89 Å². The Labute approximate surface area is 174 Å². The summed E-state index contributed by atoms with van der Waals surface area (Å²) in [5.74, 6) is -0.424. The van der Waals surface area contributed by atoms with Crippen LogP contribution < -0.4 is 0 Å². The molecule has 7 heteroatoms. The van der Waals surface area contributed by atoms with Crippen LogP contribution in [0.2, 0.25) is 0 Å². The van der Waals surface area contributed by atoms with Gasteiger partial charge in [-0.15, -0.1) is 0 Å². The van der Waals surface area contributed by atoms with Crippen molar-refractivity contribution in [2.24, 2.45) is 0 Å². The Morgan fingerprint density at radius 1 is 1.20 bits per heavy atom. The fourth-order valence-corrected chi connectivity index (χ4v) is 3.85. The van der Waals surface area contributed by atoms with E-state index >= 15 is 0 Å². The molecule has 4 rings (SSSR count). The van der Waals surface area contributed by atoms with Crippen molar-refractivity contribution in [2.45, 2.75) is 32.4 Å². The lowest BCUT2D eigenvalue weighted by Crippen LogP contribution is -2.31. The Kier molecular flexibility index (Phi) is 5.55. The summed E-state index contributed by atoms with van der Waals surface area (Å²) in [5.41, 5.74) is 2.93. The highest BCUT2D eigenvalue weighted by Gasteiger charge is 2.42. The summed E-state index contributed by atoms with van der Waals surface area (Å²) >= 11 is 0. The molecule has 0 saturated carbocycles. The van der Waals surface area contributed by atoms with Gasteiger partial charge in [0.15, 0.2) is 0 Å². The van der Waals surface area contributed by atoms with E-state index in [0.717, 1.165) is 5.56 Å². The zero-order valence-corrected chi connectivity index (χ0v) is 16.9. The molecule has 3 aromatic rings. The van der Waals surface area contributed by atoms with E-state index in [1.165, 1.54) is 12.1 Å². The summed E-state index contributed by atoms with van der Waals surface area (Å²) in [5, 5.41) is 17.5. The summed E-state index contributed by atoms with van der Waals surface area (Å²) < 4.78 is 19.2. The molecule has 2 N–H and O–H groups in total. The number of ether oxygens (including phenoxy) is 1. The summed E-state index contributed by atoms with van der Waals surface area (Å²) in [7, 11) is 0. The van der Waals surface area contributed by atoms with E-state index in [9.17, 15) is 14.3 Å². The topological polar surface area (TPSA) is 78.5 Å². The first-order valence-corrected chi connectivity index (χ1v) is 10.0. The van der Waals surface area contributed by atoms with E-state index in [2.05, 4.69) is 10.2 Å². The minimum atomic E-state index is -0.430. The van der Waals surface area contributed by atoms with Crippen molar-refractivity contribution in [3.63, 3.8) is 0 Å². The number of benzene rings is 2. The number of carbonyl (C=O) groups excluding carboxylic acids is 1. The number of amides is 1. The molecular weight excluding hydrogens is 385 g/mol. The third kappa shape index (κ3) is 3.68. The van der Waals surface area contributed by atoms with E-state index < -0.39 is 6.04 Å². The van der Waals surface area contributed by atoms with Gasteiger partial charge in [-0.1, -0.05) is 24.3 Å². The first-order valence-electron chi connectivity index (χ1n) is 10.0. The molecule has 0 radical (unpaired) electrons. The van der Waals surface area contributed by atoms with Gasteiger partial charge in [0.1, 0.15) is 23.0 Å². The molecule has 1 atom stereocenters. The summed E-state index contributed by atoms with van der Waals surface area (Å²) in [6.07, 6.45) is 0.794. The van der Waals surface area contributed by atoms with E-state index in [-0.39, 0.29) is 23.6 Å². The van der Waals surface area contributed by atoms with Gasteiger partial charge in [0.05, 0.1) is 12.1 Å². The molecule has 6 nitrogen and oxygen atoms in total. The Bertz CT molecular complexity index is 1050. The van der Waals surface area contributed by atoms with Gasteiger partial charge in [0.25, 0.3) is 5.91 Å². The number of rotatable bonds is 7. The number of nitrogens with zero attached hydrogens (tertiary/aromatic N) is 2. The summed E-state index contributed by atoms with van der Waals surface area (Å²) in [6, 6.07) is 12.6. The Hall–Kier alpha value is -3.19. The molecule has 1 aliphatic heterocycles. The molecule has 156 valence electrons.